The first-order valence-electron chi connectivity index (χ1n) is 4.31. The lowest BCUT2D eigenvalue weighted by molar-refractivity contribution is -0.126. The normalized spacial score (nSPS) is 24.1. The Balaban J connectivity index is 2.30. The van der Waals surface area contributed by atoms with Gasteiger partial charge in [-0.3, -0.25) is 4.79 Å². The number of hydrogen-bond acceptors (Lipinski definition) is 3. The Kier molecular flexibility index (Phi) is 3.49. The molecule has 4 nitrogen and oxygen atoms in total. The minimum Gasteiger partial charge on any atom is -0.378 e. The summed E-state index contributed by atoms with van der Waals surface area (Å²) in [4.78, 5) is 11.4. The summed E-state index contributed by atoms with van der Waals surface area (Å²) in [7, 11) is 0. The van der Waals surface area contributed by atoms with Crippen molar-refractivity contribution in [3.8, 4) is 0 Å². The zero-order chi connectivity index (χ0) is 8.97. The molecule has 0 aliphatic carbocycles. The Labute approximate surface area is 72.7 Å². The molecule has 1 saturated heterocycles. The lowest BCUT2D eigenvalue weighted by atomic mass is 10.2. The molecular weight excluding hydrogens is 156 g/mol. The number of carbonyl (C=O) groups excluding carboxylic acids is 1. The van der Waals surface area contributed by atoms with E-state index in [-0.39, 0.29) is 18.0 Å². The monoisotopic (exact) mass is 172 g/mol. The summed E-state index contributed by atoms with van der Waals surface area (Å²) in [5.74, 6) is 0.0321. The minimum absolute atomic E-state index is 0.0321. The molecule has 0 radical (unpaired) electrons. The van der Waals surface area contributed by atoms with Crippen molar-refractivity contribution in [3.63, 3.8) is 0 Å². The topological polar surface area (TPSA) is 50.4 Å². The Morgan fingerprint density at radius 2 is 2.42 bits per heavy atom. The molecule has 1 fully saturated rings. The molecule has 12 heavy (non-hydrogen) atoms. The van der Waals surface area contributed by atoms with Crippen LogP contribution in [0.4, 0.5) is 0 Å². The van der Waals surface area contributed by atoms with Crippen LogP contribution >= 0.6 is 0 Å². The highest BCUT2D eigenvalue weighted by Gasteiger charge is 2.20. The minimum atomic E-state index is -0.166. The fourth-order valence-electron chi connectivity index (χ4n) is 1.12. The van der Waals surface area contributed by atoms with E-state index >= 15 is 0 Å². The van der Waals surface area contributed by atoms with E-state index in [1.807, 2.05) is 13.8 Å². The summed E-state index contributed by atoms with van der Waals surface area (Å²) in [6.07, 6.45) is 0. The van der Waals surface area contributed by atoms with E-state index in [1.54, 1.807) is 0 Å². The SMILES string of the molecule is CC(C)NC(=O)[C@@H]1COCCN1. The van der Waals surface area contributed by atoms with Gasteiger partial charge in [-0.15, -0.1) is 0 Å². The van der Waals surface area contributed by atoms with Crippen LogP contribution in [0.25, 0.3) is 0 Å². The summed E-state index contributed by atoms with van der Waals surface area (Å²) in [5, 5.41) is 5.92. The number of hydrogen-bond donors (Lipinski definition) is 2. The van der Waals surface area contributed by atoms with Crippen LogP contribution in [0.3, 0.4) is 0 Å². The average Bonchev–Trinajstić information content (AvgIpc) is 2.05. The summed E-state index contributed by atoms with van der Waals surface area (Å²) in [5.41, 5.74) is 0. The first kappa shape index (κ1) is 9.48. The number of carbonyl (C=O) groups is 1. The highest BCUT2D eigenvalue weighted by atomic mass is 16.5. The van der Waals surface area contributed by atoms with Gasteiger partial charge < -0.3 is 15.4 Å². The summed E-state index contributed by atoms with van der Waals surface area (Å²) < 4.78 is 5.16. The molecule has 0 bridgehead atoms. The number of morpholine rings is 1. The molecule has 0 spiro atoms. The largest absolute Gasteiger partial charge is 0.378 e. The first-order valence-corrected chi connectivity index (χ1v) is 4.31. The lowest BCUT2D eigenvalue weighted by Gasteiger charge is -2.23. The van der Waals surface area contributed by atoms with Crippen LogP contribution in [0.5, 0.6) is 0 Å². The molecule has 1 amide bonds. The third-order valence-corrected chi connectivity index (χ3v) is 1.67. The maximum Gasteiger partial charge on any atom is 0.239 e. The lowest BCUT2D eigenvalue weighted by Crippen LogP contribution is -2.52. The summed E-state index contributed by atoms with van der Waals surface area (Å²) in [6.45, 7) is 5.84. The van der Waals surface area contributed by atoms with E-state index in [2.05, 4.69) is 10.6 Å². The number of amides is 1. The van der Waals surface area contributed by atoms with Crippen molar-refractivity contribution in [2.24, 2.45) is 0 Å². The van der Waals surface area contributed by atoms with Crippen LogP contribution < -0.4 is 10.6 Å². The highest BCUT2D eigenvalue weighted by Crippen LogP contribution is 1.93. The van der Waals surface area contributed by atoms with Crippen LogP contribution in [0.15, 0.2) is 0 Å². The molecule has 1 rings (SSSR count). The molecule has 0 saturated carbocycles. The van der Waals surface area contributed by atoms with Gasteiger partial charge in [0, 0.05) is 12.6 Å². The van der Waals surface area contributed by atoms with Gasteiger partial charge >= 0.3 is 0 Å². The second-order valence-electron chi connectivity index (χ2n) is 3.24. The van der Waals surface area contributed by atoms with E-state index < -0.39 is 0 Å². The van der Waals surface area contributed by atoms with Gasteiger partial charge in [-0.2, -0.15) is 0 Å². The highest BCUT2D eigenvalue weighted by molar-refractivity contribution is 5.82. The van der Waals surface area contributed by atoms with Crippen LogP contribution in [-0.4, -0.2) is 37.7 Å². The second kappa shape index (κ2) is 4.42. The molecule has 1 atom stereocenters. The van der Waals surface area contributed by atoms with Crippen LogP contribution in [-0.2, 0) is 9.53 Å². The molecule has 70 valence electrons. The zero-order valence-electron chi connectivity index (χ0n) is 7.59. The fraction of sp³-hybridized carbons (Fsp3) is 0.875. The van der Waals surface area contributed by atoms with Crippen molar-refractivity contribution in [3.05, 3.63) is 0 Å². The van der Waals surface area contributed by atoms with Gasteiger partial charge in [0.2, 0.25) is 5.91 Å². The Morgan fingerprint density at radius 3 is 2.92 bits per heavy atom. The number of nitrogens with one attached hydrogen (secondary N) is 2. The third kappa shape index (κ3) is 2.79. The van der Waals surface area contributed by atoms with Crippen molar-refractivity contribution in [2.45, 2.75) is 25.9 Å². The van der Waals surface area contributed by atoms with Crippen molar-refractivity contribution in [1.29, 1.82) is 0 Å². The Bertz CT molecular complexity index is 153. The van der Waals surface area contributed by atoms with Crippen LogP contribution in [0.1, 0.15) is 13.8 Å². The van der Waals surface area contributed by atoms with E-state index in [4.69, 9.17) is 4.74 Å². The van der Waals surface area contributed by atoms with E-state index in [0.717, 1.165) is 6.54 Å². The molecule has 0 aromatic rings. The second-order valence-corrected chi connectivity index (χ2v) is 3.24. The van der Waals surface area contributed by atoms with Crippen molar-refractivity contribution < 1.29 is 9.53 Å². The molecular formula is C8H16N2O2. The van der Waals surface area contributed by atoms with Gasteiger partial charge in [-0.05, 0) is 13.8 Å². The first-order chi connectivity index (χ1) is 5.70. The Hall–Kier alpha value is -0.610. The van der Waals surface area contributed by atoms with Crippen LogP contribution in [0.2, 0.25) is 0 Å². The molecule has 0 aromatic carbocycles. The van der Waals surface area contributed by atoms with Crippen molar-refractivity contribution >= 4 is 5.91 Å². The third-order valence-electron chi connectivity index (χ3n) is 1.67. The van der Waals surface area contributed by atoms with Crippen molar-refractivity contribution in [2.75, 3.05) is 19.8 Å². The molecule has 2 N–H and O–H groups in total. The summed E-state index contributed by atoms with van der Waals surface area (Å²) in [6, 6.07) is 0.0300. The molecule has 0 unspecified atom stereocenters. The predicted molar refractivity (Wildman–Crippen MR) is 45.9 cm³/mol. The van der Waals surface area contributed by atoms with Gasteiger partial charge in [0.15, 0.2) is 0 Å². The van der Waals surface area contributed by atoms with Crippen LogP contribution in [0, 0.1) is 0 Å². The molecule has 0 aromatic heterocycles. The van der Waals surface area contributed by atoms with E-state index in [1.165, 1.54) is 0 Å². The maximum atomic E-state index is 11.4. The van der Waals surface area contributed by atoms with E-state index in [9.17, 15) is 4.79 Å². The summed E-state index contributed by atoms with van der Waals surface area (Å²) >= 11 is 0. The standard InChI is InChI=1S/C8H16N2O2/c1-6(2)10-8(11)7-5-12-4-3-9-7/h6-7,9H,3-5H2,1-2H3,(H,10,11)/t7-/m0/s1. The fourth-order valence-corrected chi connectivity index (χ4v) is 1.12. The van der Waals surface area contributed by atoms with Gasteiger partial charge in [0.05, 0.1) is 13.2 Å². The predicted octanol–water partition coefficient (Wildman–Crippen LogP) is -0.501. The molecule has 1 aliphatic heterocycles. The zero-order valence-corrected chi connectivity index (χ0v) is 7.59. The number of ether oxygens (including phenoxy) is 1. The molecule has 4 heteroatoms. The average molecular weight is 172 g/mol. The maximum absolute atomic E-state index is 11.4. The van der Waals surface area contributed by atoms with Gasteiger partial charge in [-0.1, -0.05) is 0 Å². The Morgan fingerprint density at radius 1 is 1.67 bits per heavy atom. The smallest absolute Gasteiger partial charge is 0.239 e. The molecule has 1 aliphatic rings. The van der Waals surface area contributed by atoms with E-state index in [0.29, 0.717) is 13.2 Å². The molecule has 1 heterocycles. The van der Waals surface area contributed by atoms with Gasteiger partial charge in [-0.25, -0.2) is 0 Å². The van der Waals surface area contributed by atoms with Gasteiger partial charge in [0.25, 0.3) is 0 Å². The number of rotatable bonds is 2. The van der Waals surface area contributed by atoms with Crippen molar-refractivity contribution in [1.82, 2.24) is 10.6 Å². The quantitative estimate of drug-likeness (QED) is 0.590. The van der Waals surface area contributed by atoms with Gasteiger partial charge in [0.1, 0.15) is 6.04 Å².